The van der Waals surface area contributed by atoms with Crippen molar-refractivity contribution < 1.29 is 29.3 Å². The fourth-order valence-electron chi connectivity index (χ4n) is 4.71. The van der Waals surface area contributed by atoms with Gasteiger partial charge >= 0.3 is 0 Å². The summed E-state index contributed by atoms with van der Waals surface area (Å²) in [6.07, 6.45) is 3.91. The van der Waals surface area contributed by atoms with E-state index < -0.39 is 17.7 Å². The summed E-state index contributed by atoms with van der Waals surface area (Å²) in [5.74, 6) is -1.01. The highest BCUT2D eigenvalue weighted by Gasteiger charge is 2.46. The number of nitrogens with zero attached hydrogens (tertiary/aromatic N) is 2. The van der Waals surface area contributed by atoms with Crippen LogP contribution in [0.1, 0.15) is 35.2 Å². The second-order valence-corrected chi connectivity index (χ2v) is 9.65. The molecule has 2 aliphatic heterocycles. The third kappa shape index (κ3) is 4.09. The number of amides is 1. The molecule has 0 saturated carbocycles. The number of likely N-dealkylation sites (tertiary alicyclic amines) is 1. The van der Waals surface area contributed by atoms with Gasteiger partial charge in [-0.2, -0.15) is 0 Å². The molecule has 9 heteroatoms. The van der Waals surface area contributed by atoms with Crippen LogP contribution in [0.25, 0.3) is 5.76 Å². The van der Waals surface area contributed by atoms with Crippen molar-refractivity contribution in [2.75, 3.05) is 7.11 Å². The highest BCUT2D eigenvalue weighted by atomic mass is 79.9. The maximum atomic E-state index is 13.4. The normalized spacial score (nSPS) is 20.4. The van der Waals surface area contributed by atoms with E-state index in [1.807, 2.05) is 6.92 Å². The van der Waals surface area contributed by atoms with Crippen molar-refractivity contribution >= 4 is 33.4 Å². The summed E-state index contributed by atoms with van der Waals surface area (Å²) in [6, 6.07) is 11.0. The molecule has 1 aromatic heterocycles. The first kappa shape index (κ1) is 23.9. The number of fused-ring (bicyclic) bond motifs is 1. The van der Waals surface area contributed by atoms with Gasteiger partial charge in [-0.25, -0.2) is 0 Å². The number of carbonyl (C=O) groups is 2. The number of ketones is 1. The second kappa shape index (κ2) is 9.31. The number of aliphatic hydroxyl groups excluding tert-OH is 1. The van der Waals surface area contributed by atoms with Gasteiger partial charge in [-0.15, -0.1) is 0 Å². The Morgan fingerprint density at radius 2 is 1.94 bits per heavy atom. The Bertz CT molecular complexity index is 1400. The predicted molar refractivity (Wildman–Crippen MR) is 135 cm³/mol. The minimum atomic E-state index is -0.924. The average Bonchev–Trinajstić information content (AvgIpc) is 3.37. The molecule has 3 aromatic rings. The number of methoxy groups -OCH3 is 1. The van der Waals surface area contributed by atoms with E-state index in [0.29, 0.717) is 22.0 Å². The van der Waals surface area contributed by atoms with Gasteiger partial charge in [0.1, 0.15) is 17.6 Å². The summed E-state index contributed by atoms with van der Waals surface area (Å²) in [4.78, 5) is 32.1. The number of phenolic OH excluding ortho intramolecular Hbond substituents is 1. The lowest BCUT2D eigenvalue weighted by Crippen LogP contribution is -2.29. The fourth-order valence-corrected chi connectivity index (χ4v) is 5.17. The molecule has 2 aliphatic rings. The molecule has 0 aliphatic carbocycles. The first-order valence-electron chi connectivity index (χ1n) is 11.3. The van der Waals surface area contributed by atoms with Gasteiger partial charge in [0.05, 0.1) is 23.2 Å². The number of rotatable bonds is 5. The molecule has 2 N–H and O–H groups in total. The summed E-state index contributed by atoms with van der Waals surface area (Å²) in [5.41, 5.74) is 2.56. The van der Waals surface area contributed by atoms with Crippen LogP contribution < -0.4 is 9.47 Å². The van der Waals surface area contributed by atoms with Gasteiger partial charge < -0.3 is 24.6 Å². The SMILES string of the molecule is COc1cc([C@H]2/C(=C(\O)c3ccc4c(c3)C[C@H](C)O4)C(=O)C(=O)N2Cc2ccncc2)cc(Br)c1O. The topological polar surface area (TPSA) is 109 Å². The Morgan fingerprint density at radius 1 is 1.19 bits per heavy atom. The first-order chi connectivity index (χ1) is 17.3. The number of Topliss-reactive ketones (excluding diaryl/α,β-unsaturated/α-hetero) is 1. The van der Waals surface area contributed by atoms with Crippen molar-refractivity contribution in [2.24, 2.45) is 0 Å². The lowest BCUT2D eigenvalue weighted by atomic mass is 9.94. The third-order valence-corrected chi connectivity index (χ3v) is 7.00. The standard InChI is InChI=1S/C27H23BrN2O6/c1-14-9-17-10-16(3-4-20(17)36-14)24(31)22-23(18-11-19(28)25(32)21(12-18)35-2)30(27(34)26(22)33)13-15-5-7-29-8-6-15/h3-8,10-12,14,23,31-32H,9,13H2,1-2H3/b24-22+/t14-,23-/m0/s1. The maximum Gasteiger partial charge on any atom is 0.295 e. The molecule has 0 spiro atoms. The maximum absolute atomic E-state index is 13.4. The average molecular weight is 551 g/mol. The van der Waals surface area contributed by atoms with Crippen LogP contribution >= 0.6 is 15.9 Å². The van der Waals surface area contributed by atoms with Gasteiger partial charge in [0.15, 0.2) is 11.5 Å². The number of aromatic nitrogens is 1. The van der Waals surface area contributed by atoms with E-state index in [9.17, 15) is 19.8 Å². The molecule has 0 bridgehead atoms. The molecule has 3 heterocycles. The molecule has 8 nitrogen and oxygen atoms in total. The fraction of sp³-hybridized carbons (Fsp3) is 0.222. The van der Waals surface area contributed by atoms with Crippen LogP contribution in [0.4, 0.5) is 0 Å². The van der Waals surface area contributed by atoms with E-state index in [1.54, 1.807) is 54.9 Å². The van der Waals surface area contributed by atoms with Crippen LogP contribution in [-0.4, -0.2) is 45.0 Å². The van der Waals surface area contributed by atoms with Gasteiger partial charge in [-0.05, 0) is 82.0 Å². The summed E-state index contributed by atoms with van der Waals surface area (Å²) in [6.45, 7) is 2.07. The number of aromatic hydroxyl groups is 1. The number of benzene rings is 2. The van der Waals surface area contributed by atoms with Crippen molar-refractivity contribution in [3.05, 3.63) is 87.2 Å². The Labute approximate surface area is 215 Å². The Balaban J connectivity index is 1.68. The third-order valence-electron chi connectivity index (χ3n) is 6.40. The molecule has 5 rings (SSSR count). The van der Waals surface area contributed by atoms with Crippen molar-refractivity contribution in [3.63, 3.8) is 0 Å². The second-order valence-electron chi connectivity index (χ2n) is 8.79. The number of halogens is 1. The Morgan fingerprint density at radius 3 is 2.67 bits per heavy atom. The minimum absolute atomic E-state index is 0.0187. The molecular weight excluding hydrogens is 528 g/mol. The molecular formula is C27H23BrN2O6. The zero-order chi connectivity index (χ0) is 25.6. The Hall–Kier alpha value is -3.85. The number of phenols is 1. The molecule has 0 radical (unpaired) electrons. The quantitative estimate of drug-likeness (QED) is 0.273. The predicted octanol–water partition coefficient (Wildman–Crippen LogP) is 4.50. The first-order valence-corrected chi connectivity index (χ1v) is 12.1. The van der Waals surface area contributed by atoms with Gasteiger partial charge in [0.2, 0.25) is 0 Å². The van der Waals surface area contributed by atoms with Crippen LogP contribution in [-0.2, 0) is 22.6 Å². The largest absolute Gasteiger partial charge is 0.507 e. The van der Waals surface area contributed by atoms with Crippen molar-refractivity contribution in [2.45, 2.75) is 32.0 Å². The highest BCUT2D eigenvalue weighted by Crippen LogP contribution is 2.45. The van der Waals surface area contributed by atoms with Crippen LogP contribution in [0.5, 0.6) is 17.2 Å². The number of pyridine rings is 1. The van der Waals surface area contributed by atoms with Crippen LogP contribution in [0.15, 0.2) is 64.9 Å². The van der Waals surface area contributed by atoms with E-state index in [0.717, 1.165) is 16.9 Å². The van der Waals surface area contributed by atoms with Gasteiger partial charge in [-0.3, -0.25) is 14.6 Å². The van der Waals surface area contributed by atoms with Crippen LogP contribution in [0.3, 0.4) is 0 Å². The van der Waals surface area contributed by atoms with Crippen LogP contribution in [0, 0.1) is 0 Å². The molecule has 1 amide bonds. The molecule has 184 valence electrons. The summed E-state index contributed by atoms with van der Waals surface area (Å²) in [7, 11) is 1.41. The number of aliphatic hydroxyl groups is 1. The number of hydrogen-bond acceptors (Lipinski definition) is 7. The molecule has 0 unspecified atom stereocenters. The van der Waals surface area contributed by atoms with E-state index in [4.69, 9.17) is 9.47 Å². The minimum Gasteiger partial charge on any atom is -0.507 e. The molecule has 36 heavy (non-hydrogen) atoms. The number of carbonyl (C=O) groups excluding carboxylic acids is 2. The van der Waals surface area contributed by atoms with Gasteiger partial charge in [0.25, 0.3) is 11.7 Å². The smallest absolute Gasteiger partial charge is 0.295 e. The molecule has 1 fully saturated rings. The van der Waals surface area contributed by atoms with Gasteiger partial charge in [-0.1, -0.05) is 0 Å². The van der Waals surface area contributed by atoms with E-state index in [-0.39, 0.29) is 35.5 Å². The monoisotopic (exact) mass is 550 g/mol. The van der Waals surface area contributed by atoms with Gasteiger partial charge in [0, 0.05) is 30.9 Å². The lowest BCUT2D eigenvalue weighted by Gasteiger charge is -2.26. The van der Waals surface area contributed by atoms with E-state index in [1.165, 1.54) is 12.0 Å². The Kier molecular flexibility index (Phi) is 6.17. The van der Waals surface area contributed by atoms with Crippen molar-refractivity contribution in [3.8, 4) is 17.2 Å². The van der Waals surface area contributed by atoms with Crippen molar-refractivity contribution in [1.82, 2.24) is 9.88 Å². The zero-order valence-corrected chi connectivity index (χ0v) is 21.2. The molecule has 2 atom stereocenters. The summed E-state index contributed by atoms with van der Waals surface area (Å²) >= 11 is 3.32. The highest BCUT2D eigenvalue weighted by molar-refractivity contribution is 9.10. The number of hydrogen-bond donors (Lipinski definition) is 2. The number of ether oxygens (including phenoxy) is 2. The summed E-state index contributed by atoms with van der Waals surface area (Å²) in [5, 5.41) is 21.7. The van der Waals surface area contributed by atoms with Crippen molar-refractivity contribution in [1.29, 1.82) is 0 Å². The van der Waals surface area contributed by atoms with E-state index in [2.05, 4.69) is 20.9 Å². The zero-order valence-electron chi connectivity index (χ0n) is 19.6. The van der Waals surface area contributed by atoms with E-state index >= 15 is 0 Å². The molecule has 2 aromatic carbocycles. The lowest BCUT2D eigenvalue weighted by molar-refractivity contribution is -0.140. The van der Waals surface area contributed by atoms with Crippen LogP contribution in [0.2, 0.25) is 0 Å². The summed E-state index contributed by atoms with van der Waals surface area (Å²) < 4.78 is 11.4. The molecule has 1 saturated heterocycles.